The maximum absolute atomic E-state index is 12.5. The van der Waals surface area contributed by atoms with Gasteiger partial charge in [0.1, 0.15) is 5.15 Å². The summed E-state index contributed by atoms with van der Waals surface area (Å²) in [6, 6.07) is 1.73. The summed E-state index contributed by atoms with van der Waals surface area (Å²) >= 11 is 5.72. The van der Waals surface area contributed by atoms with Gasteiger partial charge in [0.2, 0.25) is 0 Å². The van der Waals surface area contributed by atoms with Crippen molar-refractivity contribution in [1.82, 2.24) is 4.98 Å². The van der Waals surface area contributed by atoms with Crippen LogP contribution in [0.4, 0.5) is 8.78 Å². The predicted molar refractivity (Wildman–Crippen MR) is 56.3 cm³/mol. The highest BCUT2D eigenvalue weighted by atomic mass is 35.5. The minimum absolute atomic E-state index is 0.0790. The van der Waals surface area contributed by atoms with Crippen LogP contribution in [0.25, 0.3) is 0 Å². The van der Waals surface area contributed by atoms with Crippen molar-refractivity contribution < 1.29 is 8.78 Å². The monoisotopic (exact) mass is 234 g/mol. The van der Waals surface area contributed by atoms with Gasteiger partial charge in [-0.1, -0.05) is 17.7 Å². The van der Waals surface area contributed by atoms with Crippen LogP contribution in [0.15, 0.2) is 12.3 Å². The van der Waals surface area contributed by atoms with Crippen molar-refractivity contribution in [2.75, 3.05) is 0 Å². The van der Waals surface area contributed by atoms with Gasteiger partial charge in [-0.05, 0) is 31.4 Å². The summed E-state index contributed by atoms with van der Waals surface area (Å²) in [5.41, 5.74) is 5.37. The lowest BCUT2D eigenvalue weighted by Crippen LogP contribution is -2.45. The van der Waals surface area contributed by atoms with E-state index >= 15 is 0 Å². The Morgan fingerprint density at radius 1 is 1.60 bits per heavy atom. The largest absolute Gasteiger partial charge is 0.320 e. The van der Waals surface area contributed by atoms with Crippen molar-refractivity contribution in [1.29, 1.82) is 0 Å². The van der Waals surface area contributed by atoms with Crippen molar-refractivity contribution in [3.05, 3.63) is 28.5 Å². The zero-order chi connectivity index (χ0) is 11.6. The highest BCUT2D eigenvalue weighted by molar-refractivity contribution is 6.30. The van der Waals surface area contributed by atoms with Crippen molar-refractivity contribution in [3.8, 4) is 0 Å². The van der Waals surface area contributed by atoms with Crippen LogP contribution in [0.2, 0.25) is 5.15 Å². The van der Waals surface area contributed by atoms with Crippen LogP contribution in [0.3, 0.4) is 0 Å². The number of alkyl halides is 2. The summed E-state index contributed by atoms with van der Waals surface area (Å²) < 4.78 is 25.0. The molecule has 2 nitrogen and oxygen atoms in total. The van der Waals surface area contributed by atoms with E-state index in [0.717, 1.165) is 5.56 Å². The number of hydrogen-bond acceptors (Lipinski definition) is 2. The zero-order valence-corrected chi connectivity index (χ0v) is 9.35. The fourth-order valence-electron chi connectivity index (χ4n) is 1.23. The van der Waals surface area contributed by atoms with Gasteiger partial charge in [-0.15, -0.1) is 0 Å². The number of aromatic nitrogens is 1. The summed E-state index contributed by atoms with van der Waals surface area (Å²) in [5, 5.41) is 0.384. The molecule has 1 rings (SSSR count). The SMILES string of the molecule is Cc1cc(CC(C)(N)C(F)F)cnc1Cl. The van der Waals surface area contributed by atoms with E-state index < -0.39 is 12.0 Å². The average molecular weight is 235 g/mol. The zero-order valence-electron chi connectivity index (χ0n) is 8.60. The molecule has 0 saturated carbocycles. The van der Waals surface area contributed by atoms with Gasteiger partial charge in [0.25, 0.3) is 6.43 Å². The molecule has 15 heavy (non-hydrogen) atoms. The summed E-state index contributed by atoms with van der Waals surface area (Å²) in [6.45, 7) is 3.09. The second-order valence-corrected chi connectivity index (χ2v) is 4.29. The first-order valence-corrected chi connectivity index (χ1v) is 4.89. The fraction of sp³-hybridized carbons (Fsp3) is 0.500. The number of nitrogens with two attached hydrogens (primary N) is 1. The Morgan fingerprint density at radius 2 is 2.20 bits per heavy atom. The third-order valence-electron chi connectivity index (χ3n) is 2.15. The van der Waals surface area contributed by atoms with Gasteiger partial charge in [-0.2, -0.15) is 0 Å². The number of nitrogens with zero attached hydrogens (tertiary/aromatic N) is 1. The molecule has 0 aliphatic carbocycles. The first-order valence-electron chi connectivity index (χ1n) is 4.51. The third kappa shape index (κ3) is 3.11. The van der Waals surface area contributed by atoms with Crippen molar-refractivity contribution in [2.24, 2.45) is 5.73 Å². The molecule has 0 spiro atoms. The van der Waals surface area contributed by atoms with Crippen LogP contribution in [-0.4, -0.2) is 16.9 Å². The minimum atomic E-state index is -2.56. The topological polar surface area (TPSA) is 38.9 Å². The van der Waals surface area contributed by atoms with E-state index in [-0.39, 0.29) is 6.42 Å². The first-order chi connectivity index (χ1) is 6.83. The Balaban J connectivity index is 2.86. The van der Waals surface area contributed by atoms with Gasteiger partial charge in [0.05, 0.1) is 5.54 Å². The quantitative estimate of drug-likeness (QED) is 0.817. The van der Waals surface area contributed by atoms with E-state index in [1.54, 1.807) is 13.0 Å². The van der Waals surface area contributed by atoms with Gasteiger partial charge in [-0.25, -0.2) is 13.8 Å². The molecule has 1 aromatic rings. The number of rotatable bonds is 3. The fourth-order valence-corrected chi connectivity index (χ4v) is 1.33. The van der Waals surface area contributed by atoms with E-state index in [2.05, 4.69) is 4.98 Å². The molecule has 2 N–H and O–H groups in total. The number of halogens is 3. The second kappa shape index (κ2) is 4.41. The van der Waals surface area contributed by atoms with Gasteiger partial charge in [-0.3, -0.25) is 0 Å². The highest BCUT2D eigenvalue weighted by Crippen LogP contribution is 2.20. The van der Waals surface area contributed by atoms with Crippen LogP contribution >= 0.6 is 11.6 Å². The van der Waals surface area contributed by atoms with Crippen LogP contribution in [0, 0.1) is 6.92 Å². The molecular weight excluding hydrogens is 222 g/mol. The highest BCUT2D eigenvalue weighted by Gasteiger charge is 2.30. The van der Waals surface area contributed by atoms with Gasteiger partial charge in [0, 0.05) is 6.20 Å². The molecule has 1 atom stereocenters. The number of pyridine rings is 1. The molecule has 5 heteroatoms. The minimum Gasteiger partial charge on any atom is -0.320 e. The number of aryl methyl sites for hydroxylation is 1. The lowest BCUT2D eigenvalue weighted by molar-refractivity contribution is 0.0639. The van der Waals surface area contributed by atoms with E-state index in [4.69, 9.17) is 17.3 Å². The first kappa shape index (κ1) is 12.3. The van der Waals surface area contributed by atoms with E-state index in [9.17, 15) is 8.78 Å². The average Bonchev–Trinajstić information content (AvgIpc) is 2.10. The molecule has 0 bridgehead atoms. The van der Waals surface area contributed by atoms with Gasteiger partial charge < -0.3 is 5.73 Å². The lowest BCUT2D eigenvalue weighted by Gasteiger charge is -2.23. The molecule has 1 aromatic heterocycles. The standard InChI is InChI=1S/C10H13ClF2N2/c1-6-3-7(5-15-8(6)11)4-10(2,14)9(12)13/h3,5,9H,4,14H2,1-2H3. The molecule has 0 radical (unpaired) electrons. The Labute approximate surface area is 92.4 Å². The maximum atomic E-state index is 12.5. The molecule has 0 amide bonds. The van der Waals surface area contributed by atoms with Gasteiger partial charge in [0.15, 0.2) is 0 Å². The summed E-state index contributed by atoms with van der Waals surface area (Å²) in [5.74, 6) is 0. The Hall–Kier alpha value is -0.740. The molecule has 1 unspecified atom stereocenters. The molecular formula is C10H13ClF2N2. The molecule has 0 aromatic carbocycles. The predicted octanol–water partition coefficient (Wildman–Crippen LogP) is 2.57. The molecule has 0 saturated heterocycles. The van der Waals surface area contributed by atoms with Crippen LogP contribution < -0.4 is 5.73 Å². The van der Waals surface area contributed by atoms with Crippen LogP contribution in [0.5, 0.6) is 0 Å². The summed E-state index contributed by atoms with van der Waals surface area (Å²) in [4.78, 5) is 3.89. The molecule has 1 heterocycles. The Kier molecular flexibility index (Phi) is 3.62. The molecule has 0 aliphatic rings. The molecule has 0 fully saturated rings. The number of hydrogen-bond donors (Lipinski definition) is 1. The third-order valence-corrected chi connectivity index (χ3v) is 2.55. The Morgan fingerprint density at radius 3 is 2.67 bits per heavy atom. The van der Waals surface area contributed by atoms with Crippen molar-refractivity contribution in [3.63, 3.8) is 0 Å². The van der Waals surface area contributed by atoms with Gasteiger partial charge >= 0.3 is 0 Å². The maximum Gasteiger partial charge on any atom is 0.256 e. The van der Waals surface area contributed by atoms with Crippen molar-refractivity contribution >= 4 is 11.6 Å². The normalized spacial score (nSPS) is 15.4. The van der Waals surface area contributed by atoms with Crippen molar-refractivity contribution in [2.45, 2.75) is 32.2 Å². The summed E-state index contributed by atoms with van der Waals surface area (Å²) in [7, 11) is 0. The van der Waals surface area contributed by atoms with E-state index in [1.807, 2.05) is 0 Å². The molecule has 84 valence electrons. The van der Waals surface area contributed by atoms with E-state index in [1.165, 1.54) is 13.1 Å². The lowest BCUT2D eigenvalue weighted by atomic mass is 9.95. The van der Waals surface area contributed by atoms with Crippen LogP contribution in [-0.2, 0) is 6.42 Å². The second-order valence-electron chi connectivity index (χ2n) is 3.93. The van der Waals surface area contributed by atoms with E-state index in [0.29, 0.717) is 10.7 Å². The van der Waals surface area contributed by atoms with Crippen LogP contribution in [0.1, 0.15) is 18.1 Å². The smallest absolute Gasteiger partial charge is 0.256 e. The summed E-state index contributed by atoms with van der Waals surface area (Å²) in [6.07, 6.45) is -1.01. The Bertz CT molecular complexity index is 353. The molecule has 0 aliphatic heterocycles.